The molecule has 1 aromatic heterocycles. The van der Waals surface area contributed by atoms with Gasteiger partial charge in [-0.2, -0.15) is 0 Å². The summed E-state index contributed by atoms with van der Waals surface area (Å²) in [4.78, 5) is 4.52. The van der Waals surface area contributed by atoms with Crippen LogP contribution >= 0.6 is 0 Å². The van der Waals surface area contributed by atoms with Gasteiger partial charge in [0.2, 0.25) is 0 Å². The second-order valence-electron chi connectivity index (χ2n) is 6.98. The highest BCUT2D eigenvalue weighted by Crippen LogP contribution is 2.41. The zero-order valence-corrected chi connectivity index (χ0v) is 15.0. The fraction of sp³-hybridized carbons (Fsp3) is 0.318. The summed E-state index contributed by atoms with van der Waals surface area (Å²) in [6.07, 6.45) is 0. The van der Waals surface area contributed by atoms with E-state index in [1.165, 1.54) is 38.9 Å². The first kappa shape index (κ1) is 15.7. The molecule has 1 heterocycles. The maximum atomic E-state index is 4.52. The first-order valence-electron chi connectivity index (χ1n) is 8.36. The van der Waals surface area contributed by atoms with E-state index in [0.29, 0.717) is 5.92 Å². The number of aromatic nitrogens is 1. The zero-order chi connectivity index (χ0) is 16.7. The summed E-state index contributed by atoms with van der Waals surface area (Å²) in [7, 11) is 0. The molecule has 0 saturated heterocycles. The number of aryl methyl sites for hydroxylation is 4. The molecule has 2 aliphatic rings. The van der Waals surface area contributed by atoms with E-state index in [0.717, 1.165) is 11.4 Å². The molecule has 0 bridgehead atoms. The second-order valence-corrected chi connectivity index (χ2v) is 6.98. The van der Waals surface area contributed by atoms with Crippen molar-refractivity contribution in [2.45, 2.75) is 47.5 Å². The van der Waals surface area contributed by atoms with Crippen LogP contribution in [0.1, 0.15) is 47.8 Å². The van der Waals surface area contributed by atoms with Crippen LogP contribution in [0.5, 0.6) is 0 Å². The van der Waals surface area contributed by atoms with Crippen LogP contribution in [0.3, 0.4) is 0 Å². The molecule has 0 amide bonds. The van der Waals surface area contributed by atoms with Gasteiger partial charge in [0.25, 0.3) is 0 Å². The van der Waals surface area contributed by atoms with Crippen molar-refractivity contribution in [2.75, 3.05) is 0 Å². The van der Waals surface area contributed by atoms with Gasteiger partial charge in [0, 0.05) is 11.4 Å². The Hall–Kier alpha value is -2.15. The average molecular weight is 303 g/mol. The van der Waals surface area contributed by atoms with Gasteiger partial charge < -0.3 is 0 Å². The number of pyridine rings is 1. The van der Waals surface area contributed by atoms with Gasteiger partial charge in [0.1, 0.15) is 0 Å². The predicted octanol–water partition coefficient (Wildman–Crippen LogP) is 6.21. The monoisotopic (exact) mass is 303 g/mol. The van der Waals surface area contributed by atoms with Crippen LogP contribution in [0, 0.1) is 27.7 Å². The van der Waals surface area contributed by atoms with Crippen LogP contribution < -0.4 is 0 Å². The van der Waals surface area contributed by atoms with Crippen LogP contribution in [0.25, 0.3) is 22.3 Å². The normalized spacial score (nSPS) is 11.4. The van der Waals surface area contributed by atoms with Gasteiger partial charge in [0.15, 0.2) is 0 Å². The number of hydrogen-bond donors (Lipinski definition) is 0. The van der Waals surface area contributed by atoms with Crippen molar-refractivity contribution in [3.05, 3.63) is 64.5 Å². The summed E-state index contributed by atoms with van der Waals surface area (Å²) >= 11 is 0. The maximum absolute atomic E-state index is 4.52. The third kappa shape index (κ3) is 2.88. The second kappa shape index (κ2) is 5.81. The summed E-state index contributed by atoms with van der Waals surface area (Å²) in [5.74, 6) is 0.535. The Kier molecular flexibility index (Phi) is 3.97. The predicted molar refractivity (Wildman–Crippen MR) is 99.3 cm³/mol. The summed E-state index contributed by atoms with van der Waals surface area (Å²) in [5, 5.41) is 0. The van der Waals surface area contributed by atoms with E-state index >= 15 is 0 Å². The minimum Gasteiger partial charge on any atom is -0.258 e. The maximum Gasteiger partial charge on any atom is 0.0382 e. The smallest absolute Gasteiger partial charge is 0.0382 e. The molecule has 1 aromatic rings. The quantitative estimate of drug-likeness (QED) is 0.548. The average Bonchev–Trinajstić information content (AvgIpc) is 2.67. The van der Waals surface area contributed by atoms with Crippen LogP contribution in [0.15, 0.2) is 36.4 Å². The number of hydrogen-bond acceptors (Lipinski definition) is 1. The van der Waals surface area contributed by atoms with Gasteiger partial charge in [-0.05, 0) is 84.7 Å². The topological polar surface area (TPSA) is 12.9 Å². The largest absolute Gasteiger partial charge is 0.258 e. The van der Waals surface area contributed by atoms with Crippen LogP contribution in [-0.2, 0) is 0 Å². The molecule has 0 aliphatic heterocycles. The first-order chi connectivity index (χ1) is 10.9. The van der Waals surface area contributed by atoms with Crippen LogP contribution in [0.4, 0.5) is 0 Å². The Labute approximate surface area is 139 Å². The minimum absolute atomic E-state index is 0.535. The number of rotatable bonds is 2. The Morgan fingerprint density at radius 1 is 0.739 bits per heavy atom. The molecule has 0 spiro atoms. The molecule has 1 nitrogen and oxygen atoms in total. The lowest BCUT2D eigenvalue weighted by molar-refractivity contribution is 0.868. The molecule has 0 aromatic carbocycles. The van der Waals surface area contributed by atoms with E-state index in [1.54, 1.807) is 0 Å². The lowest BCUT2D eigenvalue weighted by Crippen LogP contribution is -1.88. The molecule has 0 fully saturated rings. The van der Waals surface area contributed by atoms with Gasteiger partial charge >= 0.3 is 0 Å². The van der Waals surface area contributed by atoms with E-state index in [-0.39, 0.29) is 0 Å². The highest BCUT2D eigenvalue weighted by Gasteiger charge is 2.18. The van der Waals surface area contributed by atoms with Gasteiger partial charge in [-0.3, -0.25) is 4.98 Å². The fourth-order valence-electron chi connectivity index (χ4n) is 3.42. The van der Waals surface area contributed by atoms with Crippen molar-refractivity contribution in [1.29, 1.82) is 0 Å². The number of nitrogens with zero attached hydrogens (tertiary/aromatic N) is 1. The Bertz CT molecular complexity index is 823. The van der Waals surface area contributed by atoms with Crippen molar-refractivity contribution in [2.24, 2.45) is 0 Å². The Morgan fingerprint density at radius 3 is 2.00 bits per heavy atom. The third-order valence-electron chi connectivity index (χ3n) is 4.61. The van der Waals surface area contributed by atoms with Gasteiger partial charge in [0.05, 0.1) is 0 Å². The van der Waals surface area contributed by atoms with E-state index in [4.69, 9.17) is 0 Å². The molecule has 1 heteroatoms. The molecule has 0 radical (unpaired) electrons. The van der Waals surface area contributed by atoms with Gasteiger partial charge in [-0.15, -0.1) is 0 Å². The van der Waals surface area contributed by atoms with Crippen LogP contribution in [0.2, 0.25) is 0 Å². The lowest BCUT2D eigenvalue weighted by Gasteiger charge is -2.08. The summed E-state index contributed by atoms with van der Waals surface area (Å²) < 4.78 is 0. The Balaban J connectivity index is 2.30. The van der Waals surface area contributed by atoms with E-state index in [1.807, 2.05) is 0 Å². The molecule has 23 heavy (non-hydrogen) atoms. The highest BCUT2D eigenvalue weighted by atomic mass is 14.7. The standard InChI is InChI=1S/C22H25N/c1-13(2)18-8-7-14(3)22-20(12-18)15(4)9-21(22)19-10-16(5)23-17(6)11-19/h7-13H,1-6H3. The van der Waals surface area contributed by atoms with Crippen molar-refractivity contribution in [3.63, 3.8) is 0 Å². The molecule has 0 unspecified atom stereocenters. The van der Waals surface area contributed by atoms with Crippen molar-refractivity contribution in [1.82, 2.24) is 4.98 Å². The van der Waals surface area contributed by atoms with E-state index in [9.17, 15) is 0 Å². The minimum atomic E-state index is 0.535. The summed E-state index contributed by atoms with van der Waals surface area (Å²) in [6, 6.07) is 13.6. The third-order valence-corrected chi connectivity index (χ3v) is 4.61. The molecule has 3 rings (SSSR count). The molecular weight excluding hydrogens is 278 g/mol. The molecule has 118 valence electrons. The SMILES string of the molecule is Cc1cc(-c2cc(C)c3cc(C(C)C)ccc(C)c2-3)cc(C)n1. The van der Waals surface area contributed by atoms with Gasteiger partial charge in [-0.1, -0.05) is 38.1 Å². The highest BCUT2D eigenvalue weighted by molar-refractivity contribution is 5.91. The van der Waals surface area contributed by atoms with Crippen molar-refractivity contribution < 1.29 is 0 Å². The van der Waals surface area contributed by atoms with E-state index in [2.05, 4.69) is 82.9 Å². The molecule has 0 N–H and O–H groups in total. The summed E-state index contributed by atoms with van der Waals surface area (Å²) in [6.45, 7) is 13.1. The van der Waals surface area contributed by atoms with Crippen molar-refractivity contribution in [3.8, 4) is 22.3 Å². The molecule has 0 saturated carbocycles. The molecular formula is C22H25N. The van der Waals surface area contributed by atoms with Gasteiger partial charge in [-0.25, -0.2) is 0 Å². The van der Waals surface area contributed by atoms with Crippen molar-refractivity contribution >= 4 is 0 Å². The van der Waals surface area contributed by atoms with Crippen LogP contribution in [-0.4, -0.2) is 4.98 Å². The fourth-order valence-corrected chi connectivity index (χ4v) is 3.42. The zero-order valence-electron chi connectivity index (χ0n) is 15.0. The number of fused-ring (bicyclic) bond motifs is 1. The van der Waals surface area contributed by atoms with E-state index < -0.39 is 0 Å². The summed E-state index contributed by atoms with van der Waals surface area (Å²) in [5.41, 5.74) is 11.6. The Morgan fingerprint density at radius 2 is 1.39 bits per heavy atom. The molecule has 2 aliphatic carbocycles. The first-order valence-corrected chi connectivity index (χ1v) is 8.36. The lowest BCUT2D eigenvalue weighted by atomic mass is 9.97. The molecule has 0 atom stereocenters.